The van der Waals surface area contributed by atoms with Gasteiger partial charge in [-0.1, -0.05) is 64.1 Å². The molecule has 3 rings (SSSR count). The molecule has 0 saturated carbocycles. The highest BCUT2D eigenvalue weighted by Crippen LogP contribution is 2.41. The molecule has 2 amide bonds. The van der Waals surface area contributed by atoms with E-state index in [1.807, 2.05) is 31.2 Å². The molecule has 3 N–H and O–H groups in total. The van der Waals surface area contributed by atoms with Gasteiger partial charge in [0, 0.05) is 16.3 Å². The number of carboxylic acids is 1. The number of rotatable bonds is 7. The second kappa shape index (κ2) is 11.5. The number of benzene rings is 3. The van der Waals surface area contributed by atoms with E-state index in [2.05, 4.69) is 10.6 Å². The van der Waals surface area contributed by atoms with Gasteiger partial charge in [-0.3, -0.25) is 9.59 Å². The number of aryl methyl sites for hydroxylation is 1. The Balaban J connectivity index is 1.71. The van der Waals surface area contributed by atoms with Crippen LogP contribution in [-0.2, 0) is 4.79 Å². The minimum absolute atomic E-state index is 0.149. The molecule has 182 valence electrons. The average molecular weight is 572 g/mol. The van der Waals surface area contributed by atoms with Crippen molar-refractivity contribution >= 4 is 87.3 Å². The maximum atomic E-state index is 12.8. The highest BCUT2D eigenvalue weighted by molar-refractivity contribution is 8.00. The number of amides is 2. The molecule has 0 aliphatic heterocycles. The largest absolute Gasteiger partial charge is 0.478 e. The molecule has 0 aliphatic carbocycles. The van der Waals surface area contributed by atoms with Gasteiger partial charge in [0.2, 0.25) is 5.91 Å². The summed E-state index contributed by atoms with van der Waals surface area (Å²) in [4.78, 5) is 37.8. The molecule has 0 radical (unpaired) electrons. The van der Waals surface area contributed by atoms with Gasteiger partial charge in [-0.05, 0) is 50.2 Å². The van der Waals surface area contributed by atoms with E-state index < -0.39 is 23.0 Å². The number of hydrogen-bond acceptors (Lipinski definition) is 4. The van der Waals surface area contributed by atoms with Crippen molar-refractivity contribution < 1.29 is 19.5 Å². The Hall–Kier alpha value is -2.42. The number of nitrogens with one attached hydrogen (secondary N) is 2. The van der Waals surface area contributed by atoms with Gasteiger partial charge in [-0.15, -0.1) is 11.8 Å². The quantitative estimate of drug-likeness (QED) is 0.153. The van der Waals surface area contributed by atoms with Crippen molar-refractivity contribution in [1.82, 2.24) is 0 Å². The Kier molecular flexibility index (Phi) is 8.96. The summed E-state index contributed by atoms with van der Waals surface area (Å²) in [6, 6.07) is 14.2. The topological polar surface area (TPSA) is 95.5 Å². The van der Waals surface area contributed by atoms with Gasteiger partial charge in [0.05, 0.1) is 36.5 Å². The zero-order valence-electron chi connectivity index (χ0n) is 18.3. The van der Waals surface area contributed by atoms with Crippen LogP contribution >= 0.6 is 58.2 Å². The van der Waals surface area contributed by atoms with Crippen LogP contribution in [0.15, 0.2) is 53.4 Å². The molecular formula is C24H18Cl4N2O4S. The maximum Gasteiger partial charge on any atom is 0.338 e. The Labute approximate surface area is 225 Å². The Morgan fingerprint density at radius 1 is 0.771 bits per heavy atom. The van der Waals surface area contributed by atoms with Crippen molar-refractivity contribution in [2.75, 3.05) is 10.6 Å². The van der Waals surface area contributed by atoms with Crippen LogP contribution < -0.4 is 10.6 Å². The molecule has 3 aromatic carbocycles. The molecule has 3 aromatic rings. The van der Waals surface area contributed by atoms with Crippen LogP contribution in [0.25, 0.3) is 0 Å². The smallest absolute Gasteiger partial charge is 0.338 e. The van der Waals surface area contributed by atoms with E-state index >= 15 is 0 Å². The maximum absolute atomic E-state index is 12.8. The minimum atomic E-state index is -1.48. The highest BCUT2D eigenvalue weighted by Gasteiger charge is 2.29. The highest BCUT2D eigenvalue weighted by atomic mass is 35.5. The van der Waals surface area contributed by atoms with Crippen LogP contribution in [0.5, 0.6) is 0 Å². The number of anilines is 2. The first-order valence-corrected chi connectivity index (χ1v) is 12.4. The summed E-state index contributed by atoms with van der Waals surface area (Å²) in [5.74, 6) is -2.45. The number of hydrogen-bond donors (Lipinski definition) is 3. The lowest BCUT2D eigenvalue weighted by Gasteiger charge is -2.15. The summed E-state index contributed by atoms with van der Waals surface area (Å²) >= 11 is 25.4. The van der Waals surface area contributed by atoms with Crippen molar-refractivity contribution in [3.8, 4) is 0 Å². The lowest BCUT2D eigenvalue weighted by molar-refractivity contribution is -0.115. The molecule has 11 heteroatoms. The van der Waals surface area contributed by atoms with Crippen molar-refractivity contribution in [3.63, 3.8) is 0 Å². The molecule has 1 atom stereocenters. The van der Waals surface area contributed by atoms with Crippen molar-refractivity contribution in [2.45, 2.75) is 24.0 Å². The number of aromatic carboxylic acids is 1. The van der Waals surface area contributed by atoms with Crippen molar-refractivity contribution in [2.24, 2.45) is 0 Å². The van der Waals surface area contributed by atoms with Gasteiger partial charge in [0.25, 0.3) is 5.91 Å². The number of carbonyl (C=O) groups is 3. The first kappa shape index (κ1) is 27.2. The molecule has 0 fully saturated rings. The van der Waals surface area contributed by atoms with Crippen molar-refractivity contribution in [1.29, 1.82) is 0 Å². The molecular weight excluding hydrogens is 554 g/mol. The second-order valence-electron chi connectivity index (χ2n) is 7.40. The minimum Gasteiger partial charge on any atom is -0.478 e. The third-order valence-corrected chi connectivity index (χ3v) is 7.74. The summed E-state index contributed by atoms with van der Waals surface area (Å²) in [5.41, 5.74) is 1.22. The van der Waals surface area contributed by atoms with E-state index in [9.17, 15) is 19.5 Å². The lowest BCUT2D eigenvalue weighted by atomic mass is 10.1. The van der Waals surface area contributed by atoms with Crippen LogP contribution in [0.1, 0.15) is 33.2 Å². The van der Waals surface area contributed by atoms with Crippen molar-refractivity contribution in [3.05, 3.63) is 85.3 Å². The fourth-order valence-electron chi connectivity index (χ4n) is 2.99. The summed E-state index contributed by atoms with van der Waals surface area (Å²) in [6.07, 6.45) is 0. The molecule has 0 spiro atoms. The molecule has 0 aromatic heterocycles. The van der Waals surface area contributed by atoms with E-state index in [4.69, 9.17) is 46.4 Å². The third kappa shape index (κ3) is 6.42. The first-order valence-electron chi connectivity index (χ1n) is 10.0. The van der Waals surface area contributed by atoms with E-state index in [-0.39, 0.29) is 31.2 Å². The fraction of sp³-hybridized carbons (Fsp3) is 0.125. The predicted octanol–water partition coefficient (Wildman–Crippen LogP) is 7.68. The number of halogens is 4. The van der Waals surface area contributed by atoms with Gasteiger partial charge in [0.15, 0.2) is 0 Å². The number of carbonyl (C=O) groups excluding carboxylic acids is 2. The van der Waals surface area contributed by atoms with E-state index in [0.29, 0.717) is 11.4 Å². The summed E-state index contributed by atoms with van der Waals surface area (Å²) in [5, 5.41) is 13.4. The molecule has 35 heavy (non-hydrogen) atoms. The van der Waals surface area contributed by atoms with E-state index in [1.165, 1.54) is 11.8 Å². The van der Waals surface area contributed by atoms with Gasteiger partial charge in [-0.2, -0.15) is 0 Å². The number of carboxylic acid groups (broad SMARTS) is 1. The van der Waals surface area contributed by atoms with Crippen LogP contribution in [0.4, 0.5) is 11.4 Å². The zero-order valence-corrected chi connectivity index (χ0v) is 22.1. The Bertz CT molecular complexity index is 1300. The summed E-state index contributed by atoms with van der Waals surface area (Å²) in [6.45, 7) is 3.75. The monoisotopic (exact) mass is 570 g/mol. The zero-order chi connectivity index (χ0) is 25.9. The molecule has 0 bridgehead atoms. The SMILES string of the molecule is Cc1ccc(NC(=O)C(C)Sc2ccc(NC(=O)c3c(Cl)c(Cl)c(Cl)c(Cl)c3C(=O)O)cc2)cc1. The molecule has 6 nitrogen and oxygen atoms in total. The molecule has 0 heterocycles. The molecule has 0 aliphatic rings. The summed E-state index contributed by atoms with van der Waals surface area (Å²) < 4.78 is 0. The normalized spacial score (nSPS) is 11.6. The van der Waals surface area contributed by atoms with E-state index in [1.54, 1.807) is 31.2 Å². The van der Waals surface area contributed by atoms with Crippen LogP contribution in [0, 0.1) is 6.92 Å². The predicted molar refractivity (Wildman–Crippen MR) is 143 cm³/mol. The Morgan fingerprint density at radius 2 is 1.26 bits per heavy atom. The van der Waals surface area contributed by atoms with Gasteiger partial charge in [0.1, 0.15) is 0 Å². The standard InChI is InChI=1S/C24H18Cl4N2O4S/c1-11-3-5-13(6-4-11)29-22(31)12(2)35-15-9-7-14(8-10-15)30-23(32)16-17(24(33)34)19(26)21(28)20(27)18(16)25/h3-10,12H,1-2H3,(H,29,31)(H,30,32)(H,33,34). The van der Waals surface area contributed by atoms with Gasteiger partial charge >= 0.3 is 5.97 Å². The lowest BCUT2D eigenvalue weighted by Crippen LogP contribution is -2.22. The van der Waals surface area contributed by atoms with Crippen LogP contribution in [-0.4, -0.2) is 28.1 Å². The van der Waals surface area contributed by atoms with Gasteiger partial charge < -0.3 is 15.7 Å². The third-order valence-electron chi connectivity index (χ3n) is 4.82. The van der Waals surface area contributed by atoms with Crippen LogP contribution in [0.2, 0.25) is 20.1 Å². The fourth-order valence-corrected chi connectivity index (χ4v) is 4.88. The molecule has 0 saturated heterocycles. The molecule has 1 unspecified atom stereocenters. The summed E-state index contributed by atoms with van der Waals surface area (Å²) in [7, 11) is 0. The van der Waals surface area contributed by atoms with E-state index in [0.717, 1.165) is 10.5 Å². The second-order valence-corrected chi connectivity index (χ2v) is 10.3. The van der Waals surface area contributed by atoms with Gasteiger partial charge in [-0.25, -0.2) is 4.79 Å². The Morgan fingerprint density at radius 3 is 1.80 bits per heavy atom. The first-order chi connectivity index (χ1) is 16.5. The number of thioether (sulfide) groups is 1. The van der Waals surface area contributed by atoms with Crippen LogP contribution in [0.3, 0.4) is 0 Å². The average Bonchev–Trinajstić information content (AvgIpc) is 2.82.